The van der Waals surface area contributed by atoms with E-state index in [0.717, 1.165) is 51.9 Å². The molecule has 2 saturated heterocycles. The quantitative estimate of drug-likeness (QED) is 0.724. The van der Waals surface area contributed by atoms with Crippen LogP contribution in [0.15, 0.2) is 0 Å². The molecule has 2 heterocycles. The van der Waals surface area contributed by atoms with E-state index in [2.05, 4.69) is 5.32 Å². The number of carbonyl (C=O) groups excluding carboxylic acids is 1. The highest BCUT2D eigenvalue weighted by atomic mass is 16.3. The molecule has 18 heavy (non-hydrogen) atoms. The van der Waals surface area contributed by atoms with Crippen molar-refractivity contribution in [3.05, 3.63) is 0 Å². The molecule has 0 aromatic carbocycles. The molecule has 0 spiro atoms. The highest BCUT2D eigenvalue weighted by Crippen LogP contribution is 2.35. The van der Waals surface area contributed by atoms with Gasteiger partial charge < -0.3 is 15.3 Å². The predicted molar refractivity (Wildman–Crippen MR) is 69.1 cm³/mol. The smallest absolute Gasteiger partial charge is 0.225 e. The zero-order valence-electron chi connectivity index (χ0n) is 11.0. The molecule has 2 unspecified atom stereocenters. The van der Waals surface area contributed by atoms with Gasteiger partial charge in [-0.3, -0.25) is 4.79 Å². The summed E-state index contributed by atoms with van der Waals surface area (Å²) in [5.74, 6) is 0.846. The standard InChI is InChI=1S/C14H24N2O2/c17-13(11-3-1-2-4-11)16-8-6-14(18)5-7-15-9-12(14)10-16/h11-12,15,18H,1-10H2. The Hall–Kier alpha value is -0.610. The van der Waals surface area contributed by atoms with Crippen molar-refractivity contribution in [1.29, 1.82) is 0 Å². The van der Waals surface area contributed by atoms with E-state index in [1.807, 2.05) is 4.90 Å². The molecule has 102 valence electrons. The molecule has 3 fully saturated rings. The zero-order valence-corrected chi connectivity index (χ0v) is 11.0. The molecule has 1 aliphatic carbocycles. The van der Waals surface area contributed by atoms with Gasteiger partial charge in [-0.2, -0.15) is 0 Å². The normalized spacial score (nSPS) is 37.6. The van der Waals surface area contributed by atoms with Gasteiger partial charge in [-0.1, -0.05) is 12.8 Å². The van der Waals surface area contributed by atoms with Gasteiger partial charge in [-0.25, -0.2) is 0 Å². The maximum atomic E-state index is 12.4. The third-order valence-corrected chi connectivity index (χ3v) is 5.16. The first kappa shape index (κ1) is 12.4. The monoisotopic (exact) mass is 252 g/mol. The van der Waals surface area contributed by atoms with Gasteiger partial charge in [0, 0.05) is 31.5 Å². The fourth-order valence-corrected chi connectivity index (χ4v) is 3.86. The first-order valence-corrected chi connectivity index (χ1v) is 7.41. The number of hydrogen-bond acceptors (Lipinski definition) is 3. The van der Waals surface area contributed by atoms with Crippen LogP contribution in [-0.2, 0) is 4.79 Å². The lowest BCUT2D eigenvalue weighted by Crippen LogP contribution is -2.60. The molecule has 0 bridgehead atoms. The lowest BCUT2D eigenvalue weighted by atomic mass is 9.76. The average Bonchev–Trinajstić information content (AvgIpc) is 2.90. The van der Waals surface area contributed by atoms with Crippen molar-refractivity contribution >= 4 is 5.91 Å². The summed E-state index contributed by atoms with van der Waals surface area (Å²) in [6.07, 6.45) is 6.16. The summed E-state index contributed by atoms with van der Waals surface area (Å²) in [6.45, 7) is 3.26. The summed E-state index contributed by atoms with van der Waals surface area (Å²) in [5.41, 5.74) is -0.516. The Morgan fingerprint density at radius 1 is 1.28 bits per heavy atom. The number of nitrogens with zero attached hydrogens (tertiary/aromatic N) is 1. The highest BCUT2D eigenvalue weighted by Gasteiger charge is 2.44. The number of aliphatic hydroxyl groups is 1. The Labute approximate surface area is 109 Å². The first-order valence-electron chi connectivity index (χ1n) is 7.41. The van der Waals surface area contributed by atoms with Crippen molar-refractivity contribution < 1.29 is 9.90 Å². The molecule has 1 amide bonds. The molecule has 2 aliphatic heterocycles. The van der Waals surface area contributed by atoms with Gasteiger partial charge >= 0.3 is 0 Å². The SMILES string of the molecule is O=C(C1CCCC1)N1CCC2(O)CCNCC2C1. The second-order valence-electron chi connectivity index (χ2n) is 6.27. The summed E-state index contributed by atoms with van der Waals surface area (Å²) in [6, 6.07) is 0. The van der Waals surface area contributed by atoms with Crippen LogP contribution >= 0.6 is 0 Å². The molecule has 2 N–H and O–H groups in total. The van der Waals surface area contributed by atoms with Gasteiger partial charge in [0.05, 0.1) is 5.60 Å². The van der Waals surface area contributed by atoms with Crippen LogP contribution in [0.1, 0.15) is 38.5 Å². The lowest BCUT2D eigenvalue weighted by Gasteiger charge is -2.48. The van der Waals surface area contributed by atoms with Crippen molar-refractivity contribution in [1.82, 2.24) is 10.2 Å². The van der Waals surface area contributed by atoms with E-state index in [4.69, 9.17) is 0 Å². The summed E-state index contributed by atoms with van der Waals surface area (Å²) in [5, 5.41) is 13.9. The van der Waals surface area contributed by atoms with Crippen LogP contribution in [0.3, 0.4) is 0 Å². The Bertz CT molecular complexity index is 328. The predicted octanol–water partition coefficient (Wildman–Crippen LogP) is 0.749. The fraction of sp³-hybridized carbons (Fsp3) is 0.929. The topological polar surface area (TPSA) is 52.6 Å². The van der Waals surface area contributed by atoms with Crippen LogP contribution in [0, 0.1) is 11.8 Å². The molecule has 4 heteroatoms. The van der Waals surface area contributed by atoms with E-state index < -0.39 is 5.60 Å². The molecule has 0 aromatic rings. The van der Waals surface area contributed by atoms with E-state index in [0.29, 0.717) is 5.91 Å². The fourth-order valence-electron chi connectivity index (χ4n) is 3.86. The number of piperidine rings is 2. The van der Waals surface area contributed by atoms with E-state index in [1.54, 1.807) is 0 Å². The second kappa shape index (κ2) is 4.82. The largest absolute Gasteiger partial charge is 0.389 e. The van der Waals surface area contributed by atoms with Gasteiger partial charge in [0.1, 0.15) is 0 Å². The molecule has 0 radical (unpaired) electrons. The van der Waals surface area contributed by atoms with Gasteiger partial charge in [0.2, 0.25) is 5.91 Å². The molecule has 1 saturated carbocycles. The molecule has 3 aliphatic rings. The molecule has 4 nitrogen and oxygen atoms in total. The number of fused-ring (bicyclic) bond motifs is 1. The van der Waals surface area contributed by atoms with E-state index in [1.165, 1.54) is 12.8 Å². The summed E-state index contributed by atoms with van der Waals surface area (Å²) in [7, 11) is 0. The van der Waals surface area contributed by atoms with Crippen molar-refractivity contribution in [3.63, 3.8) is 0 Å². The van der Waals surface area contributed by atoms with Crippen LogP contribution < -0.4 is 5.32 Å². The van der Waals surface area contributed by atoms with E-state index >= 15 is 0 Å². The molecule has 3 rings (SSSR count). The van der Waals surface area contributed by atoms with Gasteiger partial charge in [0.15, 0.2) is 0 Å². The summed E-state index contributed by atoms with van der Waals surface area (Å²) >= 11 is 0. The Balaban J connectivity index is 1.64. The zero-order chi connectivity index (χ0) is 12.6. The van der Waals surface area contributed by atoms with Crippen LogP contribution in [0.5, 0.6) is 0 Å². The van der Waals surface area contributed by atoms with Crippen molar-refractivity contribution in [2.45, 2.75) is 44.1 Å². The second-order valence-corrected chi connectivity index (χ2v) is 6.27. The number of carbonyl (C=O) groups is 1. The van der Waals surface area contributed by atoms with Gasteiger partial charge in [0.25, 0.3) is 0 Å². The van der Waals surface area contributed by atoms with Crippen molar-refractivity contribution in [2.75, 3.05) is 26.2 Å². The maximum absolute atomic E-state index is 12.4. The van der Waals surface area contributed by atoms with Gasteiger partial charge in [-0.05, 0) is 32.2 Å². The van der Waals surface area contributed by atoms with E-state index in [-0.39, 0.29) is 11.8 Å². The Morgan fingerprint density at radius 2 is 2.06 bits per heavy atom. The number of nitrogens with one attached hydrogen (secondary N) is 1. The minimum Gasteiger partial charge on any atom is -0.389 e. The number of amides is 1. The third kappa shape index (κ3) is 2.16. The number of hydrogen-bond donors (Lipinski definition) is 2. The van der Waals surface area contributed by atoms with Gasteiger partial charge in [-0.15, -0.1) is 0 Å². The van der Waals surface area contributed by atoms with E-state index in [9.17, 15) is 9.90 Å². The number of likely N-dealkylation sites (tertiary alicyclic amines) is 1. The minimum absolute atomic E-state index is 0.227. The lowest BCUT2D eigenvalue weighted by molar-refractivity contribution is -0.146. The first-order chi connectivity index (χ1) is 8.69. The van der Waals surface area contributed by atoms with Crippen LogP contribution in [0.4, 0.5) is 0 Å². The summed E-state index contributed by atoms with van der Waals surface area (Å²) < 4.78 is 0. The molecular weight excluding hydrogens is 228 g/mol. The summed E-state index contributed by atoms with van der Waals surface area (Å²) in [4.78, 5) is 14.4. The molecule has 0 aromatic heterocycles. The third-order valence-electron chi connectivity index (χ3n) is 5.16. The van der Waals surface area contributed by atoms with Crippen molar-refractivity contribution in [2.24, 2.45) is 11.8 Å². The highest BCUT2D eigenvalue weighted by molar-refractivity contribution is 5.79. The number of rotatable bonds is 1. The maximum Gasteiger partial charge on any atom is 0.225 e. The Kier molecular flexibility index (Phi) is 3.32. The van der Waals surface area contributed by atoms with Crippen LogP contribution in [0.2, 0.25) is 0 Å². The molecule has 2 atom stereocenters. The van der Waals surface area contributed by atoms with Crippen LogP contribution in [0.25, 0.3) is 0 Å². The average molecular weight is 252 g/mol. The minimum atomic E-state index is -0.516. The molecular formula is C14H24N2O2. The Morgan fingerprint density at radius 3 is 2.83 bits per heavy atom. The van der Waals surface area contributed by atoms with Crippen LogP contribution in [-0.4, -0.2) is 47.7 Å². The van der Waals surface area contributed by atoms with Crippen molar-refractivity contribution in [3.8, 4) is 0 Å².